The molecule has 168 valence electrons. The van der Waals surface area contributed by atoms with Crippen LogP contribution in [0.5, 0.6) is 0 Å². The van der Waals surface area contributed by atoms with E-state index in [4.69, 9.17) is 0 Å². The first-order valence-corrected chi connectivity index (χ1v) is 11.4. The van der Waals surface area contributed by atoms with Crippen molar-refractivity contribution < 1.29 is 17.6 Å². The maximum Gasteiger partial charge on any atom is 0.197 e. The largest absolute Gasteiger partial charge is 0.364 e. The SMILES string of the molecule is CCCCCCN(c1c(F)c(C)c(F)c(F)c1F)C(C)CCCC(CC)CCC. The molecule has 0 aliphatic heterocycles. The van der Waals surface area contributed by atoms with E-state index < -0.39 is 34.5 Å². The summed E-state index contributed by atoms with van der Waals surface area (Å²) in [6.45, 7) is 9.99. The van der Waals surface area contributed by atoms with E-state index in [1.807, 2.05) is 6.92 Å². The Kier molecular flexibility index (Phi) is 11.7. The highest BCUT2D eigenvalue weighted by molar-refractivity contribution is 5.53. The van der Waals surface area contributed by atoms with E-state index in [0.29, 0.717) is 12.5 Å². The van der Waals surface area contributed by atoms with Crippen molar-refractivity contribution in [1.82, 2.24) is 0 Å². The topological polar surface area (TPSA) is 3.24 Å². The summed E-state index contributed by atoms with van der Waals surface area (Å²) in [6.07, 6.45) is 10.1. The van der Waals surface area contributed by atoms with E-state index in [9.17, 15) is 17.6 Å². The fourth-order valence-electron chi connectivity index (χ4n) is 4.07. The van der Waals surface area contributed by atoms with Crippen molar-refractivity contribution in [2.75, 3.05) is 11.4 Å². The van der Waals surface area contributed by atoms with E-state index in [-0.39, 0.29) is 6.04 Å². The molecule has 0 saturated carbocycles. The lowest BCUT2D eigenvalue weighted by atomic mass is 9.93. The van der Waals surface area contributed by atoms with Crippen LogP contribution in [0.25, 0.3) is 0 Å². The first-order chi connectivity index (χ1) is 13.8. The van der Waals surface area contributed by atoms with Crippen LogP contribution < -0.4 is 4.90 Å². The zero-order valence-corrected chi connectivity index (χ0v) is 18.9. The van der Waals surface area contributed by atoms with Gasteiger partial charge in [0.15, 0.2) is 23.3 Å². The number of rotatable bonds is 14. The van der Waals surface area contributed by atoms with Crippen LogP contribution >= 0.6 is 0 Å². The standard InChI is InChI=1S/C24H39F4N/c1-6-9-10-11-16-29(17(4)14-12-15-19(8-3)13-7-2)24-21(26)18(5)20(25)22(27)23(24)28/h17,19H,6-16H2,1-5H3. The molecule has 2 unspecified atom stereocenters. The van der Waals surface area contributed by atoms with Gasteiger partial charge in [-0.25, -0.2) is 17.6 Å². The highest BCUT2D eigenvalue weighted by Gasteiger charge is 2.29. The molecule has 0 spiro atoms. The predicted molar refractivity (Wildman–Crippen MR) is 115 cm³/mol. The molecular weight excluding hydrogens is 378 g/mol. The number of halogens is 4. The number of hydrogen-bond acceptors (Lipinski definition) is 1. The normalized spacial score (nSPS) is 13.6. The van der Waals surface area contributed by atoms with Gasteiger partial charge < -0.3 is 4.90 Å². The molecule has 0 aliphatic rings. The lowest BCUT2D eigenvalue weighted by Crippen LogP contribution is -2.36. The fraction of sp³-hybridized carbons (Fsp3) is 0.750. The lowest BCUT2D eigenvalue weighted by molar-refractivity contribution is 0.395. The van der Waals surface area contributed by atoms with Gasteiger partial charge in [0.25, 0.3) is 0 Å². The first-order valence-electron chi connectivity index (χ1n) is 11.4. The Morgan fingerprint density at radius 2 is 1.41 bits per heavy atom. The van der Waals surface area contributed by atoms with Crippen molar-refractivity contribution in [3.63, 3.8) is 0 Å². The van der Waals surface area contributed by atoms with Gasteiger partial charge in [-0.2, -0.15) is 0 Å². The molecule has 0 saturated heterocycles. The Bertz CT molecular complexity index is 588. The van der Waals surface area contributed by atoms with Crippen LogP contribution in [0.3, 0.4) is 0 Å². The Hall–Kier alpha value is -1.26. The highest BCUT2D eigenvalue weighted by atomic mass is 19.2. The van der Waals surface area contributed by atoms with Gasteiger partial charge in [-0.1, -0.05) is 72.1 Å². The van der Waals surface area contributed by atoms with E-state index in [2.05, 4.69) is 20.8 Å². The molecule has 0 radical (unpaired) electrons. The molecule has 0 fully saturated rings. The minimum absolute atomic E-state index is 0.149. The van der Waals surface area contributed by atoms with E-state index in [1.54, 1.807) is 4.90 Å². The van der Waals surface area contributed by atoms with Crippen LogP contribution in [0.2, 0.25) is 0 Å². The molecule has 1 nitrogen and oxygen atoms in total. The van der Waals surface area contributed by atoms with Gasteiger partial charge in [0.05, 0.1) is 0 Å². The molecule has 0 amide bonds. The molecule has 0 aromatic heterocycles. The second-order valence-electron chi connectivity index (χ2n) is 8.33. The molecule has 29 heavy (non-hydrogen) atoms. The Labute approximate surface area is 174 Å². The minimum Gasteiger partial charge on any atom is -0.364 e. The maximum absolute atomic E-state index is 14.8. The van der Waals surface area contributed by atoms with Crippen LogP contribution in [0, 0.1) is 36.1 Å². The number of hydrogen-bond donors (Lipinski definition) is 0. The summed E-state index contributed by atoms with van der Waals surface area (Å²) in [5.41, 5.74) is -0.871. The molecule has 1 rings (SSSR count). The maximum atomic E-state index is 14.8. The zero-order valence-electron chi connectivity index (χ0n) is 18.9. The summed E-state index contributed by atoms with van der Waals surface area (Å²) >= 11 is 0. The van der Waals surface area contributed by atoms with Crippen molar-refractivity contribution in [2.45, 2.75) is 105 Å². The second kappa shape index (κ2) is 13.1. The molecule has 0 aliphatic carbocycles. The summed E-state index contributed by atoms with van der Waals surface area (Å²) < 4.78 is 57.2. The minimum atomic E-state index is -1.58. The third kappa shape index (κ3) is 7.18. The van der Waals surface area contributed by atoms with Gasteiger partial charge in [0, 0.05) is 18.2 Å². The van der Waals surface area contributed by atoms with Crippen molar-refractivity contribution in [2.24, 2.45) is 5.92 Å². The molecule has 0 bridgehead atoms. The van der Waals surface area contributed by atoms with Crippen molar-refractivity contribution in [3.05, 3.63) is 28.8 Å². The highest BCUT2D eigenvalue weighted by Crippen LogP contribution is 2.33. The summed E-state index contributed by atoms with van der Waals surface area (Å²) in [4.78, 5) is 1.62. The molecule has 5 heteroatoms. The average molecular weight is 418 g/mol. The third-order valence-corrected chi connectivity index (χ3v) is 6.04. The number of benzene rings is 1. The Morgan fingerprint density at radius 1 is 0.724 bits per heavy atom. The van der Waals surface area contributed by atoms with Crippen molar-refractivity contribution in [3.8, 4) is 0 Å². The third-order valence-electron chi connectivity index (χ3n) is 6.04. The first kappa shape index (κ1) is 25.8. The van der Waals surface area contributed by atoms with Gasteiger partial charge >= 0.3 is 0 Å². The van der Waals surface area contributed by atoms with Crippen molar-refractivity contribution in [1.29, 1.82) is 0 Å². The zero-order chi connectivity index (χ0) is 22.0. The van der Waals surface area contributed by atoms with E-state index in [1.165, 1.54) is 6.42 Å². The van der Waals surface area contributed by atoms with Crippen LogP contribution in [0.4, 0.5) is 23.2 Å². The smallest absolute Gasteiger partial charge is 0.197 e. The van der Waals surface area contributed by atoms with Gasteiger partial charge in [0.2, 0.25) is 0 Å². The molecule has 1 aromatic carbocycles. The molecule has 1 aromatic rings. The fourth-order valence-corrected chi connectivity index (χ4v) is 4.07. The number of anilines is 1. The Balaban J connectivity index is 3.02. The Morgan fingerprint density at radius 3 is 2.00 bits per heavy atom. The van der Waals surface area contributed by atoms with Crippen LogP contribution in [0.15, 0.2) is 0 Å². The van der Waals surface area contributed by atoms with Gasteiger partial charge in [-0.05, 0) is 32.6 Å². The number of unbranched alkanes of at least 4 members (excludes halogenated alkanes) is 3. The van der Waals surface area contributed by atoms with Crippen LogP contribution in [0.1, 0.15) is 97.5 Å². The molecule has 0 heterocycles. The second-order valence-corrected chi connectivity index (χ2v) is 8.33. The summed E-state index contributed by atoms with van der Waals surface area (Å²) in [5.74, 6) is -4.75. The predicted octanol–water partition coefficient (Wildman–Crippen LogP) is 8.32. The van der Waals surface area contributed by atoms with Gasteiger partial charge in [-0.15, -0.1) is 0 Å². The number of nitrogens with zero attached hydrogens (tertiary/aromatic N) is 1. The quantitative estimate of drug-likeness (QED) is 0.127. The molecular formula is C24H39F4N. The van der Waals surface area contributed by atoms with Gasteiger partial charge in [-0.3, -0.25) is 0 Å². The molecule has 0 N–H and O–H groups in total. The molecule has 2 atom stereocenters. The van der Waals surface area contributed by atoms with Crippen LogP contribution in [-0.2, 0) is 0 Å². The summed E-state index contributed by atoms with van der Waals surface area (Å²) in [6, 6.07) is -0.149. The lowest BCUT2D eigenvalue weighted by Gasteiger charge is -2.33. The summed E-state index contributed by atoms with van der Waals surface area (Å²) in [5, 5.41) is 0. The van der Waals surface area contributed by atoms with Crippen LogP contribution in [-0.4, -0.2) is 12.6 Å². The monoisotopic (exact) mass is 417 g/mol. The van der Waals surface area contributed by atoms with Gasteiger partial charge in [0.1, 0.15) is 5.69 Å². The van der Waals surface area contributed by atoms with E-state index >= 15 is 0 Å². The summed E-state index contributed by atoms with van der Waals surface area (Å²) in [7, 11) is 0. The van der Waals surface area contributed by atoms with Crippen molar-refractivity contribution >= 4 is 5.69 Å². The average Bonchev–Trinajstić information content (AvgIpc) is 2.71. The van der Waals surface area contributed by atoms with E-state index in [0.717, 1.165) is 64.7 Å².